The lowest BCUT2D eigenvalue weighted by atomic mass is 9.92. The number of nitrogens with zero attached hydrogens (tertiary/aromatic N) is 1. The van der Waals surface area contributed by atoms with Crippen LogP contribution in [0.5, 0.6) is 0 Å². The highest BCUT2D eigenvalue weighted by molar-refractivity contribution is 5.78. The van der Waals surface area contributed by atoms with Gasteiger partial charge in [0.15, 0.2) is 0 Å². The molecule has 0 rings (SSSR count). The molecule has 0 bridgehead atoms. The van der Waals surface area contributed by atoms with Crippen molar-refractivity contribution in [2.45, 2.75) is 39.7 Å². The zero-order valence-electron chi connectivity index (χ0n) is 10.1. The number of rotatable bonds is 8. The summed E-state index contributed by atoms with van der Waals surface area (Å²) in [4.78, 5) is 23.7. The van der Waals surface area contributed by atoms with Crippen molar-refractivity contribution in [3.8, 4) is 0 Å². The second-order valence-electron chi connectivity index (χ2n) is 3.74. The predicted molar refractivity (Wildman–Crippen MR) is 60.4 cm³/mol. The van der Waals surface area contributed by atoms with Crippen LogP contribution in [-0.4, -0.2) is 46.2 Å². The van der Waals surface area contributed by atoms with E-state index < -0.39 is 17.9 Å². The van der Waals surface area contributed by atoms with Crippen LogP contribution >= 0.6 is 0 Å². The van der Waals surface area contributed by atoms with E-state index in [4.69, 9.17) is 10.2 Å². The summed E-state index contributed by atoms with van der Waals surface area (Å²) in [6, 6.07) is -0.205. The lowest BCUT2D eigenvalue weighted by Gasteiger charge is -2.32. The molecule has 5 nitrogen and oxygen atoms in total. The Morgan fingerprint density at radius 3 is 1.88 bits per heavy atom. The van der Waals surface area contributed by atoms with Gasteiger partial charge in [0.25, 0.3) is 0 Å². The van der Waals surface area contributed by atoms with E-state index in [0.717, 1.165) is 13.1 Å². The topological polar surface area (TPSA) is 77.8 Å². The monoisotopic (exact) mass is 231 g/mol. The van der Waals surface area contributed by atoms with Gasteiger partial charge >= 0.3 is 11.9 Å². The van der Waals surface area contributed by atoms with E-state index in [-0.39, 0.29) is 12.5 Å². The second kappa shape index (κ2) is 7.22. The van der Waals surface area contributed by atoms with Crippen molar-refractivity contribution >= 4 is 11.9 Å². The van der Waals surface area contributed by atoms with Crippen LogP contribution in [0.25, 0.3) is 0 Å². The number of hydrogen-bond acceptors (Lipinski definition) is 3. The fourth-order valence-electron chi connectivity index (χ4n) is 2.07. The third kappa shape index (κ3) is 4.18. The zero-order valence-corrected chi connectivity index (χ0v) is 10.1. The minimum Gasteiger partial charge on any atom is -0.481 e. The Hall–Kier alpha value is -1.10. The van der Waals surface area contributed by atoms with Crippen molar-refractivity contribution in [3.63, 3.8) is 0 Å². The number of carboxylic acid groups (broad SMARTS) is 2. The van der Waals surface area contributed by atoms with Crippen molar-refractivity contribution in [2.75, 3.05) is 13.1 Å². The van der Waals surface area contributed by atoms with E-state index in [0.29, 0.717) is 6.42 Å². The Bertz CT molecular complexity index is 238. The second-order valence-corrected chi connectivity index (χ2v) is 3.74. The van der Waals surface area contributed by atoms with Crippen LogP contribution in [0.2, 0.25) is 0 Å². The first kappa shape index (κ1) is 14.9. The molecule has 2 atom stereocenters. The molecule has 2 N–H and O–H groups in total. The van der Waals surface area contributed by atoms with Gasteiger partial charge in [0.05, 0.1) is 12.3 Å². The maximum Gasteiger partial charge on any atom is 0.308 e. The molecule has 0 aromatic carbocycles. The van der Waals surface area contributed by atoms with Crippen LogP contribution in [0.1, 0.15) is 33.6 Å². The molecule has 16 heavy (non-hydrogen) atoms. The number of carbonyl (C=O) groups is 2. The van der Waals surface area contributed by atoms with Crippen molar-refractivity contribution in [2.24, 2.45) is 5.92 Å². The summed E-state index contributed by atoms with van der Waals surface area (Å²) >= 11 is 0. The SMILES string of the molecule is CCC(C(CC(=O)O)C(=O)O)N(CC)CC. The Morgan fingerprint density at radius 2 is 1.62 bits per heavy atom. The van der Waals surface area contributed by atoms with Gasteiger partial charge in [0.1, 0.15) is 0 Å². The van der Waals surface area contributed by atoms with Gasteiger partial charge < -0.3 is 15.1 Å². The minimum absolute atomic E-state index is 0.205. The highest BCUT2D eigenvalue weighted by Crippen LogP contribution is 2.19. The zero-order chi connectivity index (χ0) is 12.7. The Kier molecular flexibility index (Phi) is 6.72. The Morgan fingerprint density at radius 1 is 1.12 bits per heavy atom. The molecule has 0 radical (unpaired) electrons. The molecule has 0 aromatic heterocycles. The molecule has 0 saturated heterocycles. The molecule has 0 fully saturated rings. The van der Waals surface area contributed by atoms with Gasteiger partial charge in [-0.15, -0.1) is 0 Å². The van der Waals surface area contributed by atoms with E-state index in [2.05, 4.69) is 0 Å². The van der Waals surface area contributed by atoms with Crippen LogP contribution in [0, 0.1) is 5.92 Å². The fraction of sp³-hybridized carbons (Fsp3) is 0.818. The van der Waals surface area contributed by atoms with Gasteiger partial charge in [-0.3, -0.25) is 9.59 Å². The highest BCUT2D eigenvalue weighted by Gasteiger charge is 2.32. The number of aliphatic carboxylic acids is 2. The van der Waals surface area contributed by atoms with Crippen LogP contribution in [-0.2, 0) is 9.59 Å². The number of hydrogen-bond donors (Lipinski definition) is 2. The van der Waals surface area contributed by atoms with Gasteiger partial charge in [0.2, 0.25) is 0 Å². The molecule has 0 spiro atoms. The molecule has 0 saturated carbocycles. The third-order valence-corrected chi connectivity index (χ3v) is 2.88. The lowest BCUT2D eigenvalue weighted by Crippen LogP contribution is -2.44. The summed E-state index contributed by atoms with van der Waals surface area (Å²) < 4.78 is 0. The molecular weight excluding hydrogens is 210 g/mol. The smallest absolute Gasteiger partial charge is 0.308 e. The van der Waals surface area contributed by atoms with Gasteiger partial charge in [0, 0.05) is 6.04 Å². The minimum atomic E-state index is -1.06. The van der Waals surface area contributed by atoms with E-state index in [1.807, 2.05) is 25.7 Å². The molecule has 0 amide bonds. The molecule has 5 heteroatoms. The third-order valence-electron chi connectivity index (χ3n) is 2.88. The van der Waals surface area contributed by atoms with Crippen LogP contribution in [0.4, 0.5) is 0 Å². The van der Waals surface area contributed by atoms with E-state index >= 15 is 0 Å². The summed E-state index contributed by atoms with van der Waals surface area (Å²) in [7, 11) is 0. The average molecular weight is 231 g/mol. The molecular formula is C11H21NO4. The van der Waals surface area contributed by atoms with Crippen LogP contribution in [0.15, 0.2) is 0 Å². The van der Waals surface area contributed by atoms with Crippen molar-refractivity contribution in [1.29, 1.82) is 0 Å². The largest absolute Gasteiger partial charge is 0.481 e. The van der Waals surface area contributed by atoms with Crippen molar-refractivity contribution < 1.29 is 19.8 Å². The summed E-state index contributed by atoms with van der Waals surface area (Å²) in [5.74, 6) is -2.92. The quantitative estimate of drug-likeness (QED) is 0.658. The van der Waals surface area contributed by atoms with Crippen LogP contribution < -0.4 is 0 Å². The van der Waals surface area contributed by atoms with Crippen molar-refractivity contribution in [1.82, 2.24) is 4.90 Å². The van der Waals surface area contributed by atoms with Crippen LogP contribution in [0.3, 0.4) is 0 Å². The molecule has 2 unspecified atom stereocenters. The summed E-state index contributed by atoms with van der Waals surface area (Å²) in [5.41, 5.74) is 0. The molecule has 0 aliphatic carbocycles. The number of carboxylic acids is 2. The lowest BCUT2D eigenvalue weighted by molar-refractivity contribution is -0.151. The highest BCUT2D eigenvalue weighted by atomic mass is 16.4. The van der Waals surface area contributed by atoms with Gasteiger partial charge in [-0.1, -0.05) is 20.8 Å². The molecule has 0 aliphatic rings. The standard InChI is InChI=1S/C11H21NO4/c1-4-9(12(5-2)6-3)8(11(15)16)7-10(13)14/h8-9H,4-7H2,1-3H3,(H,13,14)(H,15,16). The molecule has 94 valence electrons. The van der Waals surface area contributed by atoms with Gasteiger partial charge in [-0.2, -0.15) is 0 Å². The summed E-state index contributed by atoms with van der Waals surface area (Å²) in [6.45, 7) is 7.26. The normalized spacial score (nSPS) is 14.8. The average Bonchev–Trinajstić information content (AvgIpc) is 2.22. The maximum absolute atomic E-state index is 11.1. The molecule has 0 aromatic rings. The van der Waals surface area contributed by atoms with Gasteiger partial charge in [-0.05, 0) is 19.5 Å². The van der Waals surface area contributed by atoms with Crippen molar-refractivity contribution in [3.05, 3.63) is 0 Å². The molecule has 0 heterocycles. The maximum atomic E-state index is 11.1. The Labute approximate surface area is 96.1 Å². The first-order valence-electron chi connectivity index (χ1n) is 5.66. The molecule has 0 aliphatic heterocycles. The first-order valence-corrected chi connectivity index (χ1v) is 5.66. The summed E-state index contributed by atoms with van der Waals surface area (Å²) in [6.07, 6.45) is 0.330. The van der Waals surface area contributed by atoms with E-state index in [1.54, 1.807) is 0 Å². The van der Waals surface area contributed by atoms with E-state index in [9.17, 15) is 9.59 Å². The summed E-state index contributed by atoms with van der Waals surface area (Å²) in [5, 5.41) is 17.8. The predicted octanol–water partition coefficient (Wildman–Crippen LogP) is 1.28. The van der Waals surface area contributed by atoms with E-state index in [1.165, 1.54) is 0 Å². The fourth-order valence-corrected chi connectivity index (χ4v) is 2.07. The van der Waals surface area contributed by atoms with Gasteiger partial charge in [-0.25, -0.2) is 0 Å². The Balaban J connectivity index is 4.82. The first-order chi connectivity index (χ1) is 7.47.